The van der Waals surface area contributed by atoms with Crippen molar-refractivity contribution in [1.82, 2.24) is 9.62 Å². The number of hydrogen-bond donors (Lipinski definition) is 2. The Hall–Kier alpha value is -2.91. The Morgan fingerprint density at radius 1 is 1.08 bits per heavy atom. The fourth-order valence-electron chi connectivity index (χ4n) is 2.25. The second kappa shape index (κ2) is 8.45. The summed E-state index contributed by atoms with van der Waals surface area (Å²) in [5.74, 6) is -0.310. The molecule has 26 heavy (non-hydrogen) atoms. The van der Waals surface area contributed by atoms with Gasteiger partial charge in [0.25, 0.3) is 0 Å². The van der Waals surface area contributed by atoms with Crippen molar-refractivity contribution in [2.24, 2.45) is 5.73 Å². The van der Waals surface area contributed by atoms with Crippen molar-refractivity contribution in [2.45, 2.75) is 11.4 Å². The highest BCUT2D eigenvalue weighted by Crippen LogP contribution is 2.21. The fourth-order valence-corrected chi connectivity index (χ4v) is 3.63. The monoisotopic (exact) mass is 377 g/mol. The Morgan fingerprint density at radius 3 is 2.23 bits per heavy atom. The molecule has 0 atom stereocenters. The zero-order valence-electron chi connectivity index (χ0n) is 14.1. The topological polar surface area (TPSA) is 119 Å². The van der Waals surface area contributed by atoms with E-state index in [1.165, 1.54) is 31.4 Å². The molecule has 3 N–H and O–H groups in total. The van der Waals surface area contributed by atoms with Crippen molar-refractivity contribution in [1.29, 1.82) is 0 Å². The van der Waals surface area contributed by atoms with Gasteiger partial charge >= 0.3 is 6.03 Å². The van der Waals surface area contributed by atoms with Crippen molar-refractivity contribution in [3.8, 4) is 5.75 Å². The molecule has 0 bridgehead atoms. The van der Waals surface area contributed by atoms with Gasteiger partial charge < -0.3 is 10.5 Å². The first-order chi connectivity index (χ1) is 12.3. The van der Waals surface area contributed by atoms with E-state index in [0.29, 0.717) is 11.3 Å². The molecule has 9 heteroatoms. The van der Waals surface area contributed by atoms with Gasteiger partial charge in [0.1, 0.15) is 5.75 Å². The van der Waals surface area contributed by atoms with Crippen molar-refractivity contribution >= 4 is 22.0 Å². The molecule has 2 aromatic rings. The van der Waals surface area contributed by atoms with E-state index in [0.717, 1.165) is 4.31 Å². The number of carbonyl (C=O) groups is 2. The highest BCUT2D eigenvalue weighted by Gasteiger charge is 2.27. The van der Waals surface area contributed by atoms with Gasteiger partial charge in [-0.15, -0.1) is 0 Å². The van der Waals surface area contributed by atoms with Gasteiger partial charge in [0.15, 0.2) is 0 Å². The predicted molar refractivity (Wildman–Crippen MR) is 94.8 cm³/mol. The number of benzene rings is 2. The number of imide groups is 1. The predicted octanol–water partition coefficient (Wildman–Crippen LogP) is 1.08. The smallest absolute Gasteiger partial charge is 0.318 e. The Balaban J connectivity index is 2.33. The highest BCUT2D eigenvalue weighted by atomic mass is 32.2. The number of sulfonamides is 1. The molecule has 0 spiro atoms. The summed E-state index contributed by atoms with van der Waals surface area (Å²) in [6.45, 7) is -0.590. The first-order valence-electron chi connectivity index (χ1n) is 7.60. The lowest BCUT2D eigenvalue weighted by Crippen LogP contribution is -2.44. The Morgan fingerprint density at radius 2 is 1.69 bits per heavy atom. The standard InChI is InChI=1S/C17H19N3O5S/c1-25-14-7-9-15(10-8-14)26(23,24)20(12-16(21)19-17(18)22)11-13-5-3-2-4-6-13/h2-10H,11-12H2,1H3,(H3,18,19,21,22). The van der Waals surface area contributed by atoms with Gasteiger partial charge in [-0.2, -0.15) is 4.31 Å². The summed E-state index contributed by atoms with van der Waals surface area (Å²) in [5, 5.41) is 1.87. The molecule has 0 aliphatic rings. The minimum Gasteiger partial charge on any atom is -0.497 e. The normalized spacial score (nSPS) is 11.2. The molecule has 0 aliphatic heterocycles. The number of ether oxygens (including phenoxy) is 1. The summed E-state index contributed by atoms with van der Waals surface area (Å²) in [6.07, 6.45) is 0. The number of carbonyl (C=O) groups excluding carboxylic acids is 2. The molecule has 0 heterocycles. The number of nitrogens with zero attached hydrogens (tertiary/aromatic N) is 1. The van der Waals surface area contributed by atoms with Crippen molar-refractivity contribution in [3.05, 3.63) is 60.2 Å². The van der Waals surface area contributed by atoms with E-state index < -0.39 is 28.5 Å². The summed E-state index contributed by atoms with van der Waals surface area (Å²) in [7, 11) is -2.52. The van der Waals surface area contributed by atoms with Crippen LogP contribution in [0.25, 0.3) is 0 Å². The molecule has 3 amide bonds. The minimum atomic E-state index is -3.99. The molecule has 0 saturated heterocycles. The number of primary amides is 1. The number of rotatable bonds is 7. The first kappa shape index (κ1) is 19.4. The lowest BCUT2D eigenvalue weighted by atomic mass is 10.2. The van der Waals surface area contributed by atoms with Crippen LogP contribution in [0.1, 0.15) is 5.56 Å². The molecular weight excluding hydrogens is 358 g/mol. The average molecular weight is 377 g/mol. The molecule has 0 fully saturated rings. The van der Waals surface area contributed by atoms with Gasteiger partial charge in [-0.3, -0.25) is 10.1 Å². The van der Waals surface area contributed by atoms with Gasteiger partial charge in [-0.25, -0.2) is 13.2 Å². The first-order valence-corrected chi connectivity index (χ1v) is 9.04. The Kier molecular flexibility index (Phi) is 6.31. The molecule has 2 rings (SSSR count). The molecule has 2 aromatic carbocycles. The molecular formula is C17H19N3O5S. The van der Waals surface area contributed by atoms with E-state index in [-0.39, 0.29) is 11.4 Å². The maximum absolute atomic E-state index is 12.9. The number of methoxy groups -OCH3 is 1. The van der Waals surface area contributed by atoms with E-state index in [9.17, 15) is 18.0 Å². The second-order valence-electron chi connectivity index (χ2n) is 5.35. The number of nitrogens with one attached hydrogen (secondary N) is 1. The van der Waals surface area contributed by atoms with Gasteiger partial charge in [0, 0.05) is 6.54 Å². The quantitative estimate of drug-likeness (QED) is 0.748. The SMILES string of the molecule is COc1ccc(S(=O)(=O)N(CC(=O)NC(N)=O)Cc2ccccc2)cc1. The summed E-state index contributed by atoms with van der Waals surface area (Å²) in [5.41, 5.74) is 5.61. The summed E-state index contributed by atoms with van der Waals surface area (Å²) >= 11 is 0. The van der Waals surface area contributed by atoms with Crippen LogP contribution in [0.2, 0.25) is 0 Å². The molecule has 0 unspecified atom stereocenters. The maximum Gasteiger partial charge on any atom is 0.318 e. The van der Waals surface area contributed by atoms with Crippen LogP contribution in [0.5, 0.6) is 5.75 Å². The molecule has 0 saturated carbocycles. The molecule has 138 valence electrons. The van der Waals surface area contributed by atoms with E-state index in [1.807, 2.05) is 5.32 Å². The third-order valence-electron chi connectivity index (χ3n) is 3.48. The highest BCUT2D eigenvalue weighted by molar-refractivity contribution is 7.89. The Labute approximate surface area is 151 Å². The Bertz CT molecular complexity index is 867. The van der Waals surface area contributed by atoms with Crippen LogP contribution in [-0.4, -0.2) is 38.3 Å². The van der Waals surface area contributed by atoms with E-state index in [2.05, 4.69) is 0 Å². The van der Waals surface area contributed by atoms with Gasteiger partial charge in [0.2, 0.25) is 15.9 Å². The fraction of sp³-hybridized carbons (Fsp3) is 0.176. The van der Waals surface area contributed by atoms with Gasteiger partial charge in [-0.1, -0.05) is 30.3 Å². The van der Waals surface area contributed by atoms with Crippen molar-refractivity contribution in [2.75, 3.05) is 13.7 Å². The number of amides is 3. The molecule has 0 radical (unpaired) electrons. The average Bonchev–Trinajstić information content (AvgIpc) is 2.61. The lowest BCUT2D eigenvalue weighted by Gasteiger charge is -2.21. The number of urea groups is 1. The minimum absolute atomic E-state index is 0.00102. The zero-order chi connectivity index (χ0) is 19.2. The van der Waals surface area contributed by atoms with Gasteiger partial charge in [0.05, 0.1) is 18.6 Å². The van der Waals surface area contributed by atoms with E-state index in [1.54, 1.807) is 30.3 Å². The zero-order valence-corrected chi connectivity index (χ0v) is 14.9. The van der Waals surface area contributed by atoms with Crippen LogP contribution < -0.4 is 15.8 Å². The number of hydrogen-bond acceptors (Lipinski definition) is 5. The van der Waals surface area contributed by atoms with Crippen LogP contribution in [0.4, 0.5) is 4.79 Å². The second-order valence-corrected chi connectivity index (χ2v) is 7.28. The van der Waals surface area contributed by atoms with Crippen LogP contribution in [-0.2, 0) is 21.4 Å². The summed E-state index contributed by atoms with van der Waals surface area (Å²) in [4.78, 5) is 22.7. The van der Waals surface area contributed by atoms with Crippen LogP contribution >= 0.6 is 0 Å². The van der Waals surface area contributed by atoms with E-state index in [4.69, 9.17) is 10.5 Å². The largest absolute Gasteiger partial charge is 0.497 e. The summed E-state index contributed by atoms with van der Waals surface area (Å²) < 4.78 is 31.9. The van der Waals surface area contributed by atoms with Crippen molar-refractivity contribution < 1.29 is 22.7 Å². The third kappa shape index (κ3) is 5.04. The summed E-state index contributed by atoms with van der Waals surface area (Å²) in [6, 6.07) is 13.5. The third-order valence-corrected chi connectivity index (χ3v) is 5.29. The molecule has 8 nitrogen and oxygen atoms in total. The maximum atomic E-state index is 12.9. The molecule has 0 aromatic heterocycles. The number of nitrogens with two attached hydrogens (primary N) is 1. The van der Waals surface area contributed by atoms with Crippen LogP contribution in [0, 0.1) is 0 Å². The van der Waals surface area contributed by atoms with E-state index >= 15 is 0 Å². The van der Waals surface area contributed by atoms with Crippen LogP contribution in [0.15, 0.2) is 59.5 Å². The van der Waals surface area contributed by atoms with Crippen LogP contribution in [0.3, 0.4) is 0 Å². The molecule has 0 aliphatic carbocycles. The van der Waals surface area contributed by atoms with Crippen molar-refractivity contribution in [3.63, 3.8) is 0 Å². The lowest BCUT2D eigenvalue weighted by molar-refractivity contribution is -0.120. The van der Waals surface area contributed by atoms with Gasteiger partial charge in [-0.05, 0) is 29.8 Å².